The third-order valence-electron chi connectivity index (χ3n) is 2.50. The number of rotatable bonds is 1. The lowest BCUT2D eigenvalue weighted by Crippen LogP contribution is -2.52. The molecule has 0 saturated heterocycles. The number of carbonyl (C=O) groups excluding carboxylic acids is 1. The first kappa shape index (κ1) is 13.2. The van der Waals surface area contributed by atoms with E-state index in [-0.39, 0.29) is 6.04 Å². The lowest BCUT2D eigenvalue weighted by Gasteiger charge is -2.25. The van der Waals surface area contributed by atoms with Crippen LogP contribution >= 0.6 is 0 Å². The number of hydrogen-bond acceptors (Lipinski definition) is 5. The van der Waals surface area contributed by atoms with Crippen LogP contribution in [0.5, 0.6) is 0 Å². The Morgan fingerprint density at radius 2 is 1.94 bits per heavy atom. The molecule has 1 aliphatic carbocycles. The van der Waals surface area contributed by atoms with Crippen LogP contribution in [0.25, 0.3) is 0 Å². The van der Waals surface area contributed by atoms with Gasteiger partial charge in [-0.15, -0.1) is 0 Å². The van der Waals surface area contributed by atoms with Crippen LogP contribution in [0.3, 0.4) is 0 Å². The van der Waals surface area contributed by atoms with Gasteiger partial charge in [-0.05, 0) is 27.2 Å². The molecular formula is C10H21N3O3. The fraction of sp³-hybridized carbons (Fsp3) is 0.900. The second kappa shape index (κ2) is 4.57. The van der Waals surface area contributed by atoms with Gasteiger partial charge in [0, 0.05) is 12.1 Å². The van der Waals surface area contributed by atoms with Crippen molar-refractivity contribution in [3.8, 4) is 0 Å². The SMILES string of the molecule is CC(C)(C)OC(=O)N[C@@H]1[C@H](O)[C@@H](N)C[C@H]1N. The predicted octanol–water partition coefficient (Wildman–Crippen LogP) is -0.701. The zero-order chi connectivity index (χ0) is 12.5. The molecule has 1 amide bonds. The maximum atomic E-state index is 11.5. The standard InChI is InChI=1S/C10H21N3O3/c1-10(2,3)16-9(15)13-7-5(11)4-6(12)8(7)14/h5-8,14H,4,11-12H2,1-3H3,(H,13,15)/t5-,6+,7+,8-/m1/s1. The van der Waals surface area contributed by atoms with Crippen LogP contribution < -0.4 is 16.8 Å². The summed E-state index contributed by atoms with van der Waals surface area (Å²) < 4.78 is 5.07. The van der Waals surface area contributed by atoms with Crippen molar-refractivity contribution in [3.63, 3.8) is 0 Å². The minimum atomic E-state index is -0.817. The van der Waals surface area contributed by atoms with Crippen molar-refractivity contribution in [2.75, 3.05) is 0 Å². The molecule has 6 heteroatoms. The number of nitrogens with one attached hydrogen (secondary N) is 1. The molecule has 4 atom stereocenters. The summed E-state index contributed by atoms with van der Waals surface area (Å²) in [7, 11) is 0. The average molecular weight is 231 g/mol. The molecule has 1 rings (SSSR count). The van der Waals surface area contributed by atoms with Gasteiger partial charge in [0.05, 0.1) is 12.1 Å². The van der Waals surface area contributed by atoms with Crippen LogP contribution in [0.1, 0.15) is 27.2 Å². The highest BCUT2D eigenvalue weighted by molar-refractivity contribution is 5.68. The van der Waals surface area contributed by atoms with E-state index < -0.39 is 29.9 Å². The highest BCUT2D eigenvalue weighted by Crippen LogP contribution is 2.18. The van der Waals surface area contributed by atoms with Crippen LogP contribution in [0.15, 0.2) is 0 Å². The molecule has 0 spiro atoms. The largest absolute Gasteiger partial charge is 0.444 e. The van der Waals surface area contributed by atoms with E-state index in [0.717, 1.165) is 0 Å². The molecule has 0 radical (unpaired) electrons. The summed E-state index contributed by atoms with van der Waals surface area (Å²) in [5, 5.41) is 12.2. The topological polar surface area (TPSA) is 111 Å². The van der Waals surface area contributed by atoms with Crippen molar-refractivity contribution >= 4 is 6.09 Å². The Bertz CT molecular complexity index is 265. The Morgan fingerprint density at radius 3 is 2.31 bits per heavy atom. The van der Waals surface area contributed by atoms with Gasteiger partial charge in [-0.1, -0.05) is 0 Å². The third kappa shape index (κ3) is 3.33. The molecule has 0 aromatic heterocycles. The predicted molar refractivity (Wildman–Crippen MR) is 59.7 cm³/mol. The fourth-order valence-electron chi connectivity index (χ4n) is 1.76. The third-order valence-corrected chi connectivity index (χ3v) is 2.50. The Hall–Kier alpha value is -0.850. The maximum absolute atomic E-state index is 11.5. The van der Waals surface area contributed by atoms with Gasteiger partial charge in [-0.3, -0.25) is 0 Å². The number of alkyl carbamates (subject to hydrolysis) is 1. The molecule has 0 aromatic carbocycles. The molecule has 94 valence electrons. The molecule has 6 N–H and O–H groups in total. The van der Waals surface area contributed by atoms with Gasteiger partial charge in [-0.2, -0.15) is 0 Å². The summed E-state index contributed by atoms with van der Waals surface area (Å²) >= 11 is 0. The molecule has 1 fully saturated rings. The van der Waals surface area contributed by atoms with E-state index in [9.17, 15) is 9.90 Å². The highest BCUT2D eigenvalue weighted by Gasteiger charge is 2.40. The first-order valence-corrected chi connectivity index (χ1v) is 5.39. The van der Waals surface area contributed by atoms with Crippen LogP contribution in [-0.4, -0.2) is 41.0 Å². The van der Waals surface area contributed by atoms with E-state index in [1.54, 1.807) is 20.8 Å². The van der Waals surface area contributed by atoms with Crippen molar-refractivity contribution in [3.05, 3.63) is 0 Å². The first-order valence-electron chi connectivity index (χ1n) is 5.39. The molecule has 0 aromatic rings. The summed E-state index contributed by atoms with van der Waals surface area (Å²) in [4.78, 5) is 11.5. The van der Waals surface area contributed by atoms with Crippen molar-refractivity contribution in [2.24, 2.45) is 11.5 Å². The second-order valence-corrected chi connectivity index (χ2v) is 5.23. The summed E-state index contributed by atoms with van der Waals surface area (Å²) in [5.41, 5.74) is 10.8. The quantitative estimate of drug-likeness (QED) is 0.477. The van der Waals surface area contributed by atoms with Crippen LogP contribution in [-0.2, 0) is 4.74 Å². The fourth-order valence-corrected chi connectivity index (χ4v) is 1.76. The van der Waals surface area contributed by atoms with Gasteiger partial charge >= 0.3 is 6.09 Å². The average Bonchev–Trinajstić information content (AvgIpc) is 2.29. The number of aliphatic hydroxyl groups excluding tert-OH is 1. The lowest BCUT2D eigenvalue weighted by atomic mass is 10.1. The Morgan fingerprint density at radius 1 is 1.38 bits per heavy atom. The van der Waals surface area contributed by atoms with Crippen LogP contribution in [0.4, 0.5) is 4.79 Å². The van der Waals surface area contributed by atoms with Crippen molar-refractivity contribution in [1.29, 1.82) is 0 Å². The molecule has 6 nitrogen and oxygen atoms in total. The highest BCUT2D eigenvalue weighted by atomic mass is 16.6. The summed E-state index contributed by atoms with van der Waals surface area (Å²) in [6.07, 6.45) is -0.912. The summed E-state index contributed by atoms with van der Waals surface area (Å²) in [5.74, 6) is 0. The lowest BCUT2D eigenvalue weighted by molar-refractivity contribution is 0.0434. The number of amides is 1. The number of nitrogens with two attached hydrogens (primary N) is 2. The number of aliphatic hydroxyl groups is 1. The monoisotopic (exact) mass is 231 g/mol. The smallest absolute Gasteiger partial charge is 0.408 e. The molecule has 0 heterocycles. The second-order valence-electron chi connectivity index (χ2n) is 5.23. The summed E-state index contributed by atoms with van der Waals surface area (Å²) in [6.45, 7) is 5.30. The number of hydrogen-bond donors (Lipinski definition) is 4. The Labute approximate surface area is 95.3 Å². The van der Waals surface area contributed by atoms with Crippen molar-refractivity contribution in [1.82, 2.24) is 5.32 Å². The summed E-state index contributed by atoms with van der Waals surface area (Å²) in [6, 6.07) is -1.27. The normalized spacial score (nSPS) is 34.9. The Balaban J connectivity index is 2.51. The van der Waals surface area contributed by atoms with Gasteiger partial charge < -0.3 is 26.6 Å². The molecular weight excluding hydrogens is 210 g/mol. The van der Waals surface area contributed by atoms with Gasteiger partial charge in [0.25, 0.3) is 0 Å². The van der Waals surface area contributed by atoms with E-state index in [1.165, 1.54) is 0 Å². The van der Waals surface area contributed by atoms with Crippen molar-refractivity contribution < 1.29 is 14.6 Å². The van der Waals surface area contributed by atoms with Gasteiger partial charge in [-0.25, -0.2) is 4.79 Å². The minimum Gasteiger partial charge on any atom is -0.444 e. The number of ether oxygens (including phenoxy) is 1. The molecule has 0 bridgehead atoms. The molecule has 1 saturated carbocycles. The van der Waals surface area contributed by atoms with Crippen LogP contribution in [0, 0.1) is 0 Å². The van der Waals surface area contributed by atoms with E-state index >= 15 is 0 Å². The van der Waals surface area contributed by atoms with E-state index in [4.69, 9.17) is 16.2 Å². The first-order chi connectivity index (χ1) is 7.20. The van der Waals surface area contributed by atoms with E-state index in [1.807, 2.05) is 0 Å². The number of carbonyl (C=O) groups is 1. The minimum absolute atomic E-state index is 0.336. The molecule has 1 aliphatic rings. The van der Waals surface area contributed by atoms with E-state index in [0.29, 0.717) is 6.42 Å². The Kier molecular flexibility index (Phi) is 3.77. The van der Waals surface area contributed by atoms with Gasteiger partial charge in [0.2, 0.25) is 0 Å². The molecule has 0 unspecified atom stereocenters. The van der Waals surface area contributed by atoms with Crippen molar-refractivity contribution in [2.45, 2.75) is 57.0 Å². The van der Waals surface area contributed by atoms with Gasteiger partial charge in [0.1, 0.15) is 5.60 Å². The molecule has 16 heavy (non-hydrogen) atoms. The maximum Gasteiger partial charge on any atom is 0.408 e. The zero-order valence-electron chi connectivity index (χ0n) is 9.93. The molecule has 0 aliphatic heterocycles. The van der Waals surface area contributed by atoms with Crippen LogP contribution in [0.2, 0.25) is 0 Å². The zero-order valence-corrected chi connectivity index (χ0v) is 9.93. The van der Waals surface area contributed by atoms with Gasteiger partial charge in [0.15, 0.2) is 0 Å². The van der Waals surface area contributed by atoms with E-state index in [2.05, 4.69) is 5.32 Å².